The molecular weight excluding hydrogens is 264 g/mol. The Morgan fingerprint density at radius 3 is 2.95 bits per heavy atom. The fourth-order valence-corrected chi connectivity index (χ4v) is 1.51. The van der Waals surface area contributed by atoms with Crippen molar-refractivity contribution in [2.45, 2.75) is 6.54 Å². The van der Waals surface area contributed by atoms with Crippen LogP contribution in [0.2, 0.25) is 0 Å². The van der Waals surface area contributed by atoms with Gasteiger partial charge in [0, 0.05) is 29.9 Å². The third kappa shape index (κ3) is 3.22. The van der Waals surface area contributed by atoms with Crippen LogP contribution in [0.4, 0.5) is 22.0 Å². The van der Waals surface area contributed by atoms with E-state index in [1.54, 1.807) is 6.07 Å². The first kappa shape index (κ1) is 13.3. The maximum absolute atomic E-state index is 11.6. The molecule has 2 amide bonds. The molecule has 1 aromatic heterocycles. The first-order valence-electron chi connectivity index (χ1n) is 5.63. The number of carbonyl (C=O) groups is 1. The fraction of sp³-hybridized carbons (Fsp3) is 0.0909. The minimum absolute atomic E-state index is 0.0955. The number of urea groups is 1. The molecule has 0 aliphatic rings. The van der Waals surface area contributed by atoms with Crippen LogP contribution in [0.15, 0.2) is 30.5 Å². The number of anilines is 2. The Balaban J connectivity index is 1.93. The average Bonchev–Trinajstić information content (AvgIpc) is 2.82. The number of carbonyl (C=O) groups excluding carboxylic acids is 1. The predicted molar refractivity (Wildman–Crippen MR) is 72.0 cm³/mol. The van der Waals surface area contributed by atoms with Gasteiger partial charge in [0.05, 0.1) is 11.1 Å². The molecule has 0 saturated carbocycles. The molecule has 0 radical (unpaired) electrons. The van der Waals surface area contributed by atoms with Crippen LogP contribution in [0, 0.1) is 10.1 Å². The van der Waals surface area contributed by atoms with Crippen LogP contribution in [0.1, 0.15) is 5.56 Å². The van der Waals surface area contributed by atoms with Gasteiger partial charge in [-0.05, 0) is 6.07 Å². The van der Waals surface area contributed by atoms with E-state index in [1.807, 2.05) is 0 Å². The molecular formula is C11H12N6O3. The maximum atomic E-state index is 11.6. The van der Waals surface area contributed by atoms with Gasteiger partial charge in [-0.2, -0.15) is 5.10 Å². The van der Waals surface area contributed by atoms with Gasteiger partial charge in [-0.15, -0.1) is 0 Å². The summed E-state index contributed by atoms with van der Waals surface area (Å²) in [6, 6.07) is 5.16. The first-order chi connectivity index (χ1) is 9.56. The van der Waals surface area contributed by atoms with E-state index in [-0.39, 0.29) is 12.2 Å². The normalized spacial score (nSPS) is 10.0. The summed E-state index contributed by atoms with van der Waals surface area (Å²) in [4.78, 5) is 21.7. The second kappa shape index (κ2) is 5.69. The van der Waals surface area contributed by atoms with Crippen molar-refractivity contribution in [3.8, 4) is 0 Å². The molecule has 0 saturated heterocycles. The first-order valence-corrected chi connectivity index (χ1v) is 5.63. The number of amides is 2. The molecule has 2 aromatic rings. The molecule has 9 nitrogen and oxygen atoms in total. The minimum Gasteiger partial charge on any atom is -0.384 e. The van der Waals surface area contributed by atoms with Gasteiger partial charge in [0.1, 0.15) is 5.82 Å². The predicted octanol–water partition coefficient (Wildman–Crippen LogP) is 1.22. The molecule has 20 heavy (non-hydrogen) atoms. The summed E-state index contributed by atoms with van der Waals surface area (Å²) in [5, 5.41) is 21.9. The SMILES string of the molecule is Nc1[nH]ncc1CNC(=O)Nc1cccc([N+](=O)[O-])c1. The van der Waals surface area contributed by atoms with Crippen LogP contribution in [-0.4, -0.2) is 21.2 Å². The number of aromatic amines is 1. The third-order valence-electron chi connectivity index (χ3n) is 2.51. The van der Waals surface area contributed by atoms with Crippen LogP contribution in [0.25, 0.3) is 0 Å². The zero-order chi connectivity index (χ0) is 14.5. The topological polar surface area (TPSA) is 139 Å². The Morgan fingerprint density at radius 2 is 2.30 bits per heavy atom. The highest BCUT2D eigenvalue weighted by Crippen LogP contribution is 2.16. The highest BCUT2D eigenvalue weighted by atomic mass is 16.6. The Kier molecular flexibility index (Phi) is 3.80. The number of rotatable bonds is 4. The molecule has 2 rings (SSSR count). The Hall–Kier alpha value is -3.10. The van der Waals surface area contributed by atoms with Crippen LogP contribution in [0.3, 0.4) is 0 Å². The number of hydrogen-bond acceptors (Lipinski definition) is 5. The van der Waals surface area contributed by atoms with Crippen molar-refractivity contribution in [3.63, 3.8) is 0 Å². The molecule has 0 unspecified atom stereocenters. The van der Waals surface area contributed by atoms with Gasteiger partial charge in [-0.25, -0.2) is 4.79 Å². The van der Waals surface area contributed by atoms with E-state index in [0.29, 0.717) is 17.1 Å². The lowest BCUT2D eigenvalue weighted by Crippen LogP contribution is -2.28. The largest absolute Gasteiger partial charge is 0.384 e. The number of hydrogen-bond donors (Lipinski definition) is 4. The minimum atomic E-state index is -0.532. The lowest BCUT2D eigenvalue weighted by Gasteiger charge is -2.06. The van der Waals surface area contributed by atoms with E-state index in [0.717, 1.165) is 0 Å². The summed E-state index contributed by atoms with van der Waals surface area (Å²) in [6.07, 6.45) is 1.50. The second-order valence-corrected chi connectivity index (χ2v) is 3.92. The number of benzene rings is 1. The summed E-state index contributed by atoms with van der Waals surface area (Å²) < 4.78 is 0. The molecule has 5 N–H and O–H groups in total. The van der Waals surface area contributed by atoms with E-state index < -0.39 is 11.0 Å². The van der Waals surface area contributed by atoms with Gasteiger partial charge in [-0.1, -0.05) is 6.07 Å². The zero-order valence-corrected chi connectivity index (χ0v) is 10.3. The number of nitrogens with one attached hydrogen (secondary N) is 3. The van der Waals surface area contributed by atoms with Gasteiger partial charge in [0.25, 0.3) is 5.69 Å². The third-order valence-corrected chi connectivity index (χ3v) is 2.51. The number of nitrogens with zero attached hydrogens (tertiary/aromatic N) is 2. The lowest BCUT2D eigenvalue weighted by atomic mass is 10.3. The number of nitrogen functional groups attached to an aromatic ring is 1. The zero-order valence-electron chi connectivity index (χ0n) is 10.3. The van der Waals surface area contributed by atoms with Crippen molar-refractivity contribution in [2.24, 2.45) is 0 Å². The molecule has 1 aromatic carbocycles. The summed E-state index contributed by atoms with van der Waals surface area (Å²) >= 11 is 0. The lowest BCUT2D eigenvalue weighted by molar-refractivity contribution is -0.384. The van der Waals surface area contributed by atoms with Gasteiger partial charge >= 0.3 is 6.03 Å². The molecule has 0 aliphatic carbocycles. The second-order valence-electron chi connectivity index (χ2n) is 3.92. The van der Waals surface area contributed by atoms with Crippen LogP contribution >= 0.6 is 0 Å². The standard InChI is InChI=1S/C11H12N6O3/c12-10-7(6-14-16-10)5-13-11(18)15-8-2-1-3-9(4-8)17(19)20/h1-4,6H,5H2,(H3,12,14,16)(H2,13,15,18). The number of H-pyrrole nitrogens is 1. The number of aromatic nitrogens is 2. The fourth-order valence-electron chi connectivity index (χ4n) is 1.51. The quantitative estimate of drug-likeness (QED) is 0.491. The summed E-state index contributed by atoms with van der Waals surface area (Å²) in [7, 11) is 0. The molecule has 0 spiro atoms. The molecule has 1 heterocycles. The van der Waals surface area contributed by atoms with Gasteiger partial charge in [0.15, 0.2) is 0 Å². The van der Waals surface area contributed by atoms with E-state index in [9.17, 15) is 14.9 Å². The Morgan fingerprint density at radius 1 is 1.50 bits per heavy atom. The van der Waals surface area contributed by atoms with Gasteiger partial charge in [-0.3, -0.25) is 15.2 Å². The summed E-state index contributed by atoms with van der Waals surface area (Å²) in [5.74, 6) is 0.376. The maximum Gasteiger partial charge on any atom is 0.319 e. The molecule has 104 valence electrons. The van der Waals surface area contributed by atoms with Crippen LogP contribution in [0.5, 0.6) is 0 Å². The van der Waals surface area contributed by atoms with Gasteiger partial charge < -0.3 is 16.4 Å². The number of nitrogens with two attached hydrogens (primary N) is 1. The molecule has 0 atom stereocenters. The van der Waals surface area contributed by atoms with E-state index in [1.165, 1.54) is 24.4 Å². The number of nitro benzene ring substituents is 1. The van der Waals surface area contributed by atoms with E-state index in [4.69, 9.17) is 5.73 Å². The monoisotopic (exact) mass is 276 g/mol. The van der Waals surface area contributed by atoms with Crippen molar-refractivity contribution in [1.29, 1.82) is 0 Å². The Labute approximate surface area is 113 Å². The van der Waals surface area contributed by atoms with Crippen molar-refractivity contribution in [2.75, 3.05) is 11.1 Å². The van der Waals surface area contributed by atoms with Crippen molar-refractivity contribution in [1.82, 2.24) is 15.5 Å². The average molecular weight is 276 g/mol. The summed E-state index contributed by atoms with van der Waals surface area (Å²) in [6.45, 7) is 0.198. The molecule has 0 fully saturated rings. The van der Waals surface area contributed by atoms with Crippen molar-refractivity contribution < 1.29 is 9.72 Å². The smallest absolute Gasteiger partial charge is 0.319 e. The highest BCUT2D eigenvalue weighted by molar-refractivity contribution is 5.89. The highest BCUT2D eigenvalue weighted by Gasteiger charge is 2.08. The number of non-ortho nitro benzene ring substituents is 1. The molecule has 0 bridgehead atoms. The van der Waals surface area contributed by atoms with Crippen molar-refractivity contribution in [3.05, 3.63) is 46.1 Å². The Bertz CT molecular complexity index is 639. The van der Waals surface area contributed by atoms with Crippen molar-refractivity contribution >= 4 is 23.2 Å². The van der Waals surface area contributed by atoms with Crippen LogP contribution in [-0.2, 0) is 6.54 Å². The molecule has 0 aliphatic heterocycles. The van der Waals surface area contributed by atoms with Gasteiger partial charge in [0.2, 0.25) is 0 Å². The number of nitro groups is 1. The van der Waals surface area contributed by atoms with Crippen LogP contribution < -0.4 is 16.4 Å². The molecule has 9 heteroatoms. The van der Waals surface area contributed by atoms with E-state index >= 15 is 0 Å². The van der Waals surface area contributed by atoms with E-state index in [2.05, 4.69) is 20.8 Å². The summed E-state index contributed by atoms with van der Waals surface area (Å²) in [5.41, 5.74) is 6.45.